The van der Waals surface area contributed by atoms with Crippen LogP contribution in [0.4, 0.5) is 0 Å². The number of carbonyl (C=O) groups excluding carboxylic acids is 1. The third-order valence-corrected chi connectivity index (χ3v) is 1.81. The largest absolute Gasteiger partial charge is 0.448 e. The molecule has 1 aromatic heterocycles. The minimum Gasteiger partial charge on any atom is -0.448 e. The highest BCUT2D eigenvalue weighted by Crippen LogP contribution is 2.39. The van der Waals surface area contributed by atoms with Gasteiger partial charge in [0.05, 0.1) is 0 Å². The van der Waals surface area contributed by atoms with E-state index in [0.29, 0.717) is 11.6 Å². The summed E-state index contributed by atoms with van der Waals surface area (Å²) in [6, 6.07) is 0. The molecule has 0 atom stereocenters. The molecule has 1 heterocycles. The highest BCUT2D eigenvalue weighted by Gasteiger charge is 2.28. The molecule has 0 unspecified atom stereocenters. The lowest BCUT2D eigenvalue weighted by molar-refractivity contribution is 0.101. The lowest BCUT2D eigenvalue weighted by Gasteiger charge is -1.82. The Morgan fingerprint density at radius 1 is 1.73 bits per heavy atom. The normalized spacial score (nSPS) is 16.8. The van der Waals surface area contributed by atoms with Gasteiger partial charge < -0.3 is 4.42 Å². The van der Waals surface area contributed by atoms with Crippen LogP contribution in [0.2, 0.25) is 0 Å². The topological polar surface area (TPSA) is 43.1 Å². The van der Waals surface area contributed by atoms with E-state index in [-0.39, 0.29) is 5.78 Å². The number of hydrogen-bond donors (Lipinski definition) is 0. The molecular formula is C8H9NO2. The molecule has 0 saturated heterocycles. The average molecular weight is 151 g/mol. The molecule has 1 aliphatic carbocycles. The molecule has 11 heavy (non-hydrogen) atoms. The van der Waals surface area contributed by atoms with E-state index in [1.807, 2.05) is 0 Å². The van der Waals surface area contributed by atoms with Gasteiger partial charge in [0.2, 0.25) is 0 Å². The first-order chi connectivity index (χ1) is 5.27. The van der Waals surface area contributed by atoms with Gasteiger partial charge in [0.1, 0.15) is 12.0 Å². The Morgan fingerprint density at radius 2 is 2.45 bits per heavy atom. The van der Waals surface area contributed by atoms with Crippen LogP contribution >= 0.6 is 0 Å². The molecule has 1 aliphatic rings. The Hall–Kier alpha value is -1.12. The third kappa shape index (κ3) is 1.18. The van der Waals surface area contributed by atoms with Crippen LogP contribution in [0.1, 0.15) is 42.1 Å². The predicted molar refractivity (Wildman–Crippen MR) is 38.5 cm³/mol. The molecule has 1 fully saturated rings. The number of carbonyl (C=O) groups is 1. The Balaban J connectivity index is 2.25. The number of rotatable bonds is 2. The third-order valence-electron chi connectivity index (χ3n) is 1.81. The second-order valence-corrected chi connectivity index (χ2v) is 2.90. The van der Waals surface area contributed by atoms with Crippen molar-refractivity contribution >= 4 is 5.78 Å². The summed E-state index contributed by atoms with van der Waals surface area (Å²) in [6.07, 6.45) is 3.74. The maximum Gasteiger partial charge on any atom is 0.197 e. The van der Waals surface area contributed by atoms with Crippen LogP contribution in [0, 0.1) is 0 Å². The van der Waals surface area contributed by atoms with Crippen LogP contribution in [0.5, 0.6) is 0 Å². The summed E-state index contributed by atoms with van der Waals surface area (Å²) in [5.74, 6) is 1.19. The molecule has 1 saturated carbocycles. The SMILES string of the molecule is CC(=O)c1coc(C2CC2)n1. The summed E-state index contributed by atoms with van der Waals surface area (Å²) in [5, 5.41) is 0. The molecule has 3 nitrogen and oxygen atoms in total. The van der Waals surface area contributed by atoms with E-state index < -0.39 is 0 Å². The molecule has 0 bridgehead atoms. The molecule has 58 valence electrons. The van der Waals surface area contributed by atoms with Crippen LogP contribution in [0.15, 0.2) is 10.7 Å². The van der Waals surface area contributed by atoms with Crippen LogP contribution in [0.25, 0.3) is 0 Å². The Labute approximate surface area is 64.4 Å². The first-order valence-electron chi connectivity index (χ1n) is 3.74. The number of ketones is 1. The predicted octanol–water partition coefficient (Wildman–Crippen LogP) is 1.75. The first-order valence-corrected chi connectivity index (χ1v) is 3.74. The van der Waals surface area contributed by atoms with Gasteiger partial charge in [0.25, 0.3) is 0 Å². The average Bonchev–Trinajstić information content (AvgIpc) is 2.68. The summed E-state index contributed by atoms with van der Waals surface area (Å²) in [6.45, 7) is 1.49. The van der Waals surface area contributed by atoms with Gasteiger partial charge in [-0.2, -0.15) is 0 Å². The lowest BCUT2D eigenvalue weighted by Crippen LogP contribution is -1.91. The molecular weight excluding hydrogens is 142 g/mol. The van der Waals surface area contributed by atoms with Crippen LogP contribution in [-0.2, 0) is 0 Å². The Bertz CT molecular complexity index is 286. The minimum absolute atomic E-state index is 0.0272. The van der Waals surface area contributed by atoms with E-state index in [2.05, 4.69) is 4.98 Å². The maximum absolute atomic E-state index is 10.8. The summed E-state index contributed by atoms with van der Waals surface area (Å²) >= 11 is 0. The molecule has 0 aromatic carbocycles. The first kappa shape index (κ1) is 6.58. The van der Waals surface area contributed by atoms with E-state index in [1.54, 1.807) is 0 Å². The van der Waals surface area contributed by atoms with Gasteiger partial charge in [0.15, 0.2) is 11.7 Å². The van der Waals surface area contributed by atoms with E-state index in [1.165, 1.54) is 13.2 Å². The second kappa shape index (κ2) is 2.19. The highest BCUT2D eigenvalue weighted by molar-refractivity contribution is 5.91. The number of hydrogen-bond acceptors (Lipinski definition) is 3. The fraction of sp³-hybridized carbons (Fsp3) is 0.500. The second-order valence-electron chi connectivity index (χ2n) is 2.90. The van der Waals surface area contributed by atoms with Crippen molar-refractivity contribution in [3.05, 3.63) is 17.8 Å². The van der Waals surface area contributed by atoms with E-state index in [9.17, 15) is 4.79 Å². The Morgan fingerprint density at radius 3 is 2.91 bits per heavy atom. The molecule has 0 radical (unpaired) electrons. The van der Waals surface area contributed by atoms with Gasteiger partial charge in [-0.25, -0.2) is 4.98 Å². The standard InChI is InChI=1S/C8H9NO2/c1-5(10)7-4-11-8(9-7)6-2-3-6/h4,6H,2-3H2,1H3. The van der Waals surface area contributed by atoms with Crippen molar-refractivity contribution in [2.24, 2.45) is 0 Å². The summed E-state index contributed by atoms with van der Waals surface area (Å²) in [5.41, 5.74) is 0.451. The molecule has 0 N–H and O–H groups in total. The van der Waals surface area contributed by atoms with Crippen LogP contribution in [0.3, 0.4) is 0 Å². The molecule has 0 spiro atoms. The summed E-state index contributed by atoms with van der Waals surface area (Å²) in [7, 11) is 0. The van der Waals surface area contributed by atoms with Gasteiger partial charge >= 0.3 is 0 Å². The Kier molecular flexibility index (Phi) is 1.31. The van der Waals surface area contributed by atoms with Gasteiger partial charge in [-0.1, -0.05) is 0 Å². The van der Waals surface area contributed by atoms with Crippen molar-refractivity contribution in [1.29, 1.82) is 0 Å². The van der Waals surface area contributed by atoms with Crippen molar-refractivity contribution in [1.82, 2.24) is 4.98 Å². The van der Waals surface area contributed by atoms with Crippen LogP contribution in [-0.4, -0.2) is 10.8 Å². The lowest BCUT2D eigenvalue weighted by atomic mass is 10.3. The van der Waals surface area contributed by atoms with E-state index >= 15 is 0 Å². The van der Waals surface area contributed by atoms with Crippen molar-refractivity contribution in [3.63, 3.8) is 0 Å². The summed E-state index contributed by atoms with van der Waals surface area (Å²) in [4.78, 5) is 14.8. The number of Topliss-reactive ketones (excluding diaryl/α,β-unsaturated/α-hetero) is 1. The van der Waals surface area contributed by atoms with Crippen molar-refractivity contribution < 1.29 is 9.21 Å². The van der Waals surface area contributed by atoms with E-state index in [0.717, 1.165) is 18.7 Å². The zero-order valence-electron chi connectivity index (χ0n) is 6.33. The van der Waals surface area contributed by atoms with Gasteiger partial charge in [-0.15, -0.1) is 0 Å². The van der Waals surface area contributed by atoms with Gasteiger partial charge in [-0.3, -0.25) is 4.79 Å². The van der Waals surface area contributed by atoms with Crippen molar-refractivity contribution in [2.75, 3.05) is 0 Å². The zero-order chi connectivity index (χ0) is 7.84. The molecule has 0 aliphatic heterocycles. The quantitative estimate of drug-likeness (QED) is 0.605. The molecule has 0 amide bonds. The van der Waals surface area contributed by atoms with Gasteiger partial charge in [0, 0.05) is 12.8 Å². The summed E-state index contributed by atoms with van der Waals surface area (Å²) < 4.78 is 5.12. The monoisotopic (exact) mass is 151 g/mol. The highest BCUT2D eigenvalue weighted by atomic mass is 16.3. The fourth-order valence-corrected chi connectivity index (χ4v) is 0.967. The fourth-order valence-electron chi connectivity index (χ4n) is 0.967. The molecule has 2 rings (SSSR count). The number of aromatic nitrogens is 1. The molecule has 1 aromatic rings. The van der Waals surface area contributed by atoms with Crippen molar-refractivity contribution in [3.8, 4) is 0 Å². The number of oxazole rings is 1. The molecule has 3 heteroatoms. The zero-order valence-corrected chi connectivity index (χ0v) is 6.33. The minimum atomic E-state index is -0.0272. The van der Waals surface area contributed by atoms with Gasteiger partial charge in [-0.05, 0) is 12.8 Å². The van der Waals surface area contributed by atoms with E-state index in [4.69, 9.17) is 4.42 Å². The smallest absolute Gasteiger partial charge is 0.197 e. The van der Waals surface area contributed by atoms with Crippen LogP contribution < -0.4 is 0 Å². The number of nitrogens with zero attached hydrogens (tertiary/aromatic N) is 1. The maximum atomic E-state index is 10.8. The van der Waals surface area contributed by atoms with Crippen molar-refractivity contribution in [2.45, 2.75) is 25.7 Å².